The van der Waals surface area contributed by atoms with E-state index in [4.69, 9.17) is 9.97 Å². The first kappa shape index (κ1) is 33.8. The number of nitrogens with zero attached hydrogens (tertiary/aromatic N) is 2. The van der Waals surface area contributed by atoms with Crippen LogP contribution in [0.4, 0.5) is 0 Å². The van der Waals surface area contributed by atoms with Gasteiger partial charge in [-0.15, -0.1) is 0 Å². The molecule has 7 aromatic rings. The van der Waals surface area contributed by atoms with Crippen LogP contribution in [0, 0.1) is 20.8 Å². The molecule has 0 unspecified atom stereocenters. The van der Waals surface area contributed by atoms with Crippen LogP contribution in [0.3, 0.4) is 0 Å². The van der Waals surface area contributed by atoms with Crippen LogP contribution in [-0.4, -0.2) is 9.97 Å². The molecule has 0 radical (unpaired) electrons. The molecule has 2 heteroatoms. The average molecular weight is 647 g/mol. The average Bonchev–Trinajstić information content (AvgIpc) is 3.16. The molecule has 0 saturated heterocycles. The molecular weight excluding hydrogens is 605 g/mol. The van der Waals surface area contributed by atoms with Crippen molar-refractivity contribution in [3.05, 3.63) is 204 Å². The molecule has 0 aliphatic carbocycles. The van der Waals surface area contributed by atoms with E-state index < -0.39 is 0 Å². The van der Waals surface area contributed by atoms with Gasteiger partial charge in [-0.3, -0.25) is 0 Å². The molecule has 1 heterocycles. The summed E-state index contributed by atoms with van der Waals surface area (Å²) in [5, 5.41) is 0. The minimum Gasteiger partial charge on any atom is -0.228 e. The number of hydrogen-bond acceptors (Lipinski definition) is 2. The Morgan fingerprint density at radius 3 is 1.66 bits per heavy atom. The molecule has 0 atom stereocenters. The van der Waals surface area contributed by atoms with E-state index in [-0.39, 0.29) is 0 Å². The highest BCUT2D eigenvalue weighted by Crippen LogP contribution is 2.34. The van der Waals surface area contributed by atoms with Gasteiger partial charge in [0, 0.05) is 22.3 Å². The Hall–Kier alpha value is -6.12. The van der Waals surface area contributed by atoms with Crippen molar-refractivity contribution in [1.29, 1.82) is 0 Å². The summed E-state index contributed by atoms with van der Waals surface area (Å²) < 4.78 is 0. The lowest BCUT2D eigenvalue weighted by atomic mass is 9.93. The predicted octanol–water partition coefficient (Wildman–Crippen LogP) is 12.9. The number of aryl methyl sites for hydroxylation is 2. The molecule has 7 rings (SSSR count). The first-order valence-corrected chi connectivity index (χ1v) is 17.0. The van der Waals surface area contributed by atoms with Crippen LogP contribution in [0.2, 0.25) is 0 Å². The Morgan fingerprint density at radius 2 is 1.02 bits per heavy atom. The van der Waals surface area contributed by atoms with Gasteiger partial charge >= 0.3 is 0 Å². The van der Waals surface area contributed by atoms with Crippen LogP contribution < -0.4 is 0 Å². The van der Waals surface area contributed by atoms with Crippen LogP contribution in [-0.2, 0) is 0 Å². The van der Waals surface area contributed by atoms with E-state index in [0.29, 0.717) is 0 Å². The molecule has 1 aromatic heterocycles. The lowest BCUT2D eigenvalue weighted by molar-refractivity contribution is 1.14. The zero-order chi connectivity index (χ0) is 35.0. The second-order valence-electron chi connectivity index (χ2n) is 12.6. The maximum absolute atomic E-state index is 5.00. The van der Waals surface area contributed by atoms with Gasteiger partial charge in [0.15, 0.2) is 5.82 Å². The number of rotatable bonds is 7. The quantitative estimate of drug-likeness (QED) is 0.172. The Morgan fingerprint density at radius 1 is 0.460 bits per heavy atom. The van der Waals surface area contributed by atoms with Gasteiger partial charge in [0.05, 0.1) is 11.4 Å². The highest BCUT2D eigenvalue weighted by atomic mass is 14.9. The summed E-state index contributed by atoms with van der Waals surface area (Å²) in [6.07, 6.45) is 0. The van der Waals surface area contributed by atoms with Gasteiger partial charge in [0.2, 0.25) is 0 Å². The first-order valence-electron chi connectivity index (χ1n) is 17.0. The van der Waals surface area contributed by atoms with E-state index in [9.17, 15) is 0 Å². The van der Waals surface area contributed by atoms with Gasteiger partial charge in [-0.25, -0.2) is 9.97 Å². The van der Waals surface area contributed by atoms with Crippen molar-refractivity contribution >= 4 is 11.1 Å². The van der Waals surface area contributed by atoms with Crippen LogP contribution in [0.15, 0.2) is 171 Å². The molecule has 0 aliphatic rings. The number of allylic oxidation sites excluding steroid dienone is 1. The molecule has 0 N–H and O–H groups in total. The second kappa shape index (κ2) is 15.4. The SMILES string of the molecule is C=C(C)c1ccc(-c2nc(-c3ccccc3)c(C)c(-c3ccccc3C)n2)cc1.C=C(c1cccc(-c2ccccc2)c1)c1ccccc1C. The summed E-state index contributed by atoms with van der Waals surface area (Å²) in [7, 11) is 0. The minimum atomic E-state index is 0.737. The lowest BCUT2D eigenvalue weighted by Crippen LogP contribution is -2.01. The van der Waals surface area contributed by atoms with Gasteiger partial charge in [0.25, 0.3) is 0 Å². The van der Waals surface area contributed by atoms with Gasteiger partial charge in [-0.2, -0.15) is 0 Å². The number of aromatic nitrogens is 2. The summed E-state index contributed by atoms with van der Waals surface area (Å²) in [6.45, 7) is 16.7. The summed E-state index contributed by atoms with van der Waals surface area (Å²) in [4.78, 5) is 9.97. The van der Waals surface area contributed by atoms with Gasteiger partial charge in [-0.1, -0.05) is 170 Å². The first-order chi connectivity index (χ1) is 24.3. The standard InChI is InChI=1S/C27H24N2.C21H18/c1-18(2)21-14-16-23(17-15-21)27-28-25(22-11-6-5-7-12-22)20(4)26(29-27)24-13-9-8-10-19(24)3;1-16-9-6-7-14-21(16)17(2)19-12-8-13-20(15-19)18-10-4-3-5-11-18/h5-17H,1H2,2-4H3;3-15H,2H2,1H3. The van der Waals surface area contributed by atoms with Crippen LogP contribution in [0.1, 0.15) is 40.3 Å². The zero-order valence-electron chi connectivity index (χ0n) is 29.3. The molecular formula is C48H42N2. The molecule has 0 saturated carbocycles. The molecule has 0 amide bonds. The minimum absolute atomic E-state index is 0.737. The molecule has 0 spiro atoms. The molecule has 0 bridgehead atoms. The third-order valence-corrected chi connectivity index (χ3v) is 9.02. The zero-order valence-corrected chi connectivity index (χ0v) is 29.3. The topological polar surface area (TPSA) is 25.8 Å². The van der Waals surface area contributed by atoms with Gasteiger partial charge < -0.3 is 0 Å². The van der Waals surface area contributed by atoms with Crippen molar-refractivity contribution in [3.63, 3.8) is 0 Å². The largest absolute Gasteiger partial charge is 0.228 e. The third-order valence-electron chi connectivity index (χ3n) is 9.02. The lowest BCUT2D eigenvalue weighted by Gasteiger charge is -2.15. The Kier molecular flexibility index (Phi) is 10.4. The number of hydrogen-bond donors (Lipinski definition) is 0. The summed E-state index contributed by atoms with van der Waals surface area (Å²) in [6, 6.07) is 54.4. The predicted molar refractivity (Wildman–Crippen MR) is 214 cm³/mol. The van der Waals surface area contributed by atoms with E-state index in [1.54, 1.807) is 0 Å². The maximum atomic E-state index is 5.00. The summed E-state index contributed by atoms with van der Waals surface area (Å²) in [5.74, 6) is 0.737. The van der Waals surface area contributed by atoms with E-state index in [1.807, 2.05) is 31.2 Å². The Balaban J connectivity index is 0.000000182. The van der Waals surface area contributed by atoms with Crippen LogP contribution >= 0.6 is 0 Å². The Bertz CT molecular complexity index is 2260. The highest BCUT2D eigenvalue weighted by Gasteiger charge is 2.16. The second-order valence-corrected chi connectivity index (χ2v) is 12.6. The van der Waals surface area contributed by atoms with Gasteiger partial charge in [0.1, 0.15) is 0 Å². The van der Waals surface area contributed by atoms with E-state index in [1.165, 1.54) is 33.4 Å². The summed E-state index contributed by atoms with van der Waals surface area (Å²) in [5.41, 5.74) is 16.8. The molecule has 244 valence electrons. The third kappa shape index (κ3) is 7.61. The van der Waals surface area contributed by atoms with Crippen molar-refractivity contribution in [2.75, 3.05) is 0 Å². The van der Waals surface area contributed by atoms with Crippen molar-refractivity contribution in [1.82, 2.24) is 9.97 Å². The smallest absolute Gasteiger partial charge is 0.160 e. The van der Waals surface area contributed by atoms with Crippen molar-refractivity contribution in [3.8, 4) is 45.0 Å². The van der Waals surface area contributed by atoms with E-state index in [0.717, 1.165) is 56.2 Å². The molecule has 6 aromatic carbocycles. The molecule has 0 fully saturated rings. The summed E-state index contributed by atoms with van der Waals surface area (Å²) >= 11 is 0. The monoisotopic (exact) mass is 646 g/mol. The van der Waals surface area contributed by atoms with Crippen LogP contribution in [0.25, 0.3) is 56.2 Å². The maximum Gasteiger partial charge on any atom is 0.160 e. The Labute approximate surface area is 297 Å². The number of benzene rings is 6. The fraction of sp³-hybridized carbons (Fsp3) is 0.0833. The van der Waals surface area contributed by atoms with Crippen molar-refractivity contribution in [2.45, 2.75) is 27.7 Å². The molecule has 2 nitrogen and oxygen atoms in total. The fourth-order valence-electron chi connectivity index (χ4n) is 6.11. The molecule has 50 heavy (non-hydrogen) atoms. The van der Waals surface area contributed by atoms with Crippen LogP contribution in [0.5, 0.6) is 0 Å². The van der Waals surface area contributed by atoms with Gasteiger partial charge in [-0.05, 0) is 78.3 Å². The van der Waals surface area contributed by atoms with Crippen molar-refractivity contribution in [2.24, 2.45) is 0 Å². The van der Waals surface area contributed by atoms with E-state index in [2.05, 4.69) is 167 Å². The highest BCUT2D eigenvalue weighted by molar-refractivity contribution is 5.82. The van der Waals surface area contributed by atoms with E-state index >= 15 is 0 Å². The molecule has 0 aliphatic heterocycles. The fourth-order valence-corrected chi connectivity index (χ4v) is 6.11. The normalized spacial score (nSPS) is 10.6. The van der Waals surface area contributed by atoms with Crippen molar-refractivity contribution < 1.29 is 0 Å².